The van der Waals surface area contributed by atoms with E-state index in [1.54, 1.807) is 0 Å². The molecule has 5 nitrogen and oxygen atoms in total. The molecule has 1 atom stereocenters. The number of amides is 2. The first kappa shape index (κ1) is 11.5. The van der Waals surface area contributed by atoms with Crippen LogP contribution < -0.4 is 10.6 Å². The Labute approximate surface area is 95.6 Å². The minimum Gasteiger partial charge on any atom is -0.313 e. The van der Waals surface area contributed by atoms with Gasteiger partial charge in [-0.05, 0) is 33.2 Å². The van der Waals surface area contributed by atoms with Crippen LogP contribution in [0.3, 0.4) is 0 Å². The van der Waals surface area contributed by atoms with Crippen LogP contribution in [-0.2, 0) is 9.59 Å². The first-order valence-electron chi connectivity index (χ1n) is 5.83. The molecule has 2 fully saturated rings. The normalized spacial score (nSPS) is 30.5. The summed E-state index contributed by atoms with van der Waals surface area (Å²) in [6.07, 6.45) is 2.31. The summed E-state index contributed by atoms with van der Waals surface area (Å²) < 4.78 is 0. The maximum atomic E-state index is 11.7. The Morgan fingerprint density at radius 3 is 2.81 bits per heavy atom. The topological polar surface area (TPSA) is 61.4 Å². The van der Waals surface area contributed by atoms with E-state index in [9.17, 15) is 9.59 Å². The third-order valence-electron chi connectivity index (χ3n) is 3.54. The second kappa shape index (κ2) is 4.14. The number of hydrogen-bond acceptors (Lipinski definition) is 4. The van der Waals surface area contributed by atoms with Crippen molar-refractivity contribution in [3.63, 3.8) is 0 Å². The molecule has 5 heteroatoms. The van der Waals surface area contributed by atoms with Crippen LogP contribution in [0.15, 0.2) is 0 Å². The standard InChI is InChI=1S/C11H19N3O2/c1-11(2)10(16)13-9(15)7-14(11)6-8-4-3-5-12-8/h8,12H,3-7H2,1-2H3,(H,13,15,16)/t8-/m0/s1. The summed E-state index contributed by atoms with van der Waals surface area (Å²) in [4.78, 5) is 25.0. The fourth-order valence-corrected chi connectivity index (χ4v) is 2.31. The van der Waals surface area contributed by atoms with E-state index in [1.807, 2.05) is 18.7 Å². The van der Waals surface area contributed by atoms with Crippen LogP contribution >= 0.6 is 0 Å². The van der Waals surface area contributed by atoms with E-state index < -0.39 is 5.54 Å². The molecule has 0 unspecified atom stereocenters. The third kappa shape index (κ3) is 2.10. The maximum Gasteiger partial charge on any atom is 0.246 e. The van der Waals surface area contributed by atoms with E-state index in [4.69, 9.17) is 0 Å². The minimum atomic E-state index is -0.585. The van der Waals surface area contributed by atoms with Crippen molar-refractivity contribution in [2.75, 3.05) is 19.6 Å². The lowest BCUT2D eigenvalue weighted by Gasteiger charge is -2.41. The molecule has 0 saturated carbocycles. The summed E-state index contributed by atoms with van der Waals surface area (Å²) in [6.45, 7) is 5.86. The Hall–Kier alpha value is -0.940. The Morgan fingerprint density at radius 2 is 2.19 bits per heavy atom. The zero-order chi connectivity index (χ0) is 11.8. The van der Waals surface area contributed by atoms with E-state index in [-0.39, 0.29) is 11.8 Å². The largest absolute Gasteiger partial charge is 0.313 e. The number of carbonyl (C=O) groups excluding carboxylic acids is 2. The minimum absolute atomic E-state index is 0.192. The van der Waals surface area contributed by atoms with E-state index >= 15 is 0 Å². The number of nitrogens with one attached hydrogen (secondary N) is 2. The van der Waals surface area contributed by atoms with Gasteiger partial charge in [-0.15, -0.1) is 0 Å². The van der Waals surface area contributed by atoms with Crippen molar-refractivity contribution in [1.29, 1.82) is 0 Å². The van der Waals surface area contributed by atoms with Crippen molar-refractivity contribution in [3.8, 4) is 0 Å². The van der Waals surface area contributed by atoms with Crippen molar-refractivity contribution in [2.24, 2.45) is 0 Å². The van der Waals surface area contributed by atoms with Crippen LogP contribution in [-0.4, -0.2) is 47.9 Å². The Morgan fingerprint density at radius 1 is 1.44 bits per heavy atom. The predicted molar refractivity (Wildman–Crippen MR) is 59.8 cm³/mol. The van der Waals surface area contributed by atoms with Gasteiger partial charge >= 0.3 is 0 Å². The van der Waals surface area contributed by atoms with Crippen LogP contribution in [0.25, 0.3) is 0 Å². The highest BCUT2D eigenvalue weighted by atomic mass is 16.2. The van der Waals surface area contributed by atoms with Gasteiger partial charge in [0.25, 0.3) is 0 Å². The number of carbonyl (C=O) groups is 2. The summed E-state index contributed by atoms with van der Waals surface area (Å²) in [5.41, 5.74) is -0.585. The summed E-state index contributed by atoms with van der Waals surface area (Å²) >= 11 is 0. The SMILES string of the molecule is CC1(C)C(=O)NC(=O)CN1C[C@@H]1CCCN1. The lowest BCUT2D eigenvalue weighted by molar-refractivity contribution is -0.145. The molecule has 0 aliphatic carbocycles. The van der Waals surface area contributed by atoms with E-state index in [0.29, 0.717) is 12.6 Å². The molecule has 0 aromatic rings. The summed E-state index contributed by atoms with van der Waals surface area (Å²) in [5.74, 6) is -0.385. The molecule has 0 bridgehead atoms. The Balaban J connectivity index is 2.04. The highest BCUT2D eigenvalue weighted by Crippen LogP contribution is 2.20. The van der Waals surface area contributed by atoms with Gasteiger partial charge < -0.3 is 5.32 Å². The van der Waals surface area contributed by atoms with Crippen LogP contribution in [0.2, 0.25) is 0 Å². The summed E-state index contributed by atoms with van der Waals surface area (Å²) in [5, 5.41) is 5.77. The average molecular weight is 225 g/mol. The molecule has 2 aliphatic heterocycles. The van der Waals surface area contributed by atoms with Gasteiger partial charge in [0.05, 0.1) is 12.1 Å². The van der Waals surface area contributed by atoms with Crippen molar-refractivity contribution in [3.05, 3.63) is 0 Å². The first-order chi connectivity index (χ1) is 7.50. The quantitative estimate of drug-likeness (QED) is 0.621. The van der Waals surface area contributed by atoms with Crippen LogP contribution in [0.4, 0.5) is 0 Å². The average Bonchev–Trinajstić information content (AvgIpc) is 2.67. The Bertz CT molecular complexity index is 308. The second-order valence-corrected chi connectivity index (χ2v) is 5.11. The van der Waals surface area contributed by atoms with Gasteiger partial charge in [-0.25, -0.2) is 0 Å². The smallest absolute Gasteiger partial charge is 0.246 e. The first-order valence-corrected chi connectivity index (χ1v) is 5.83. The molecule has 2 saturated heterocycles. The number of rotatable bonds is 2. The summed E-state index contributed by atoms with van der Waals surface area (Å²) in [6, 6.07) is 0.415. The highest BCUT2D eigenvalue weighted by Gasteiger charge is 2.41. The van der Waals surface area contributed by atoms with Crippen LogP contribution in [0.1, 0.15) is 26.7 Å². The van der Waals surface area contributed by atoms with E-state index in [1.165, 1.54) is 6.42 Å². The third-order valence-corrected chi connectivity index (χ3v) is 3.54. The number of imide groups is 1. The molecule has 90 valence electrons. The monoisotopic (exact) mass is 225 g/mol. The van der Waals surface area contributed by atoms with Crippen molar-refractivity contribution in [1.82, 2.24) is 15.5 Å². The van der Waals surface area contributed by atoms with Gasteiger partial charge in [-0.1, -0.05) is 0 Å². The van der Waals surface area contributed by atoms with Gasteiger partial charge in [-0.3, -0.25) is 19.8 Å². The van der Waals surface area contributed by atoms with Gasteiger partial charge in [0.15, 0.2) is 0 Å². The highest BCUT2D eigenvalue weighted by molar-refractivity contribution is 6.02. The van der Waals surface area contributed by atoms with Gasteiger partial charge in [0.1, 0.15) is 0 Å². The fourth-order valence-electron chi connectivity index (χ4n) is 2.31. The molecule has 2 N–H and O–H groups in total. The molecule has 2 rings (SSSR count). The lowest BCUT2D eigenvalue weighted by Crippen LogP contribution is -2.65. The zero-order valence-electron chi connectivity index (χ0n) is 9.88. The molecular weight excluding hydrogens is 206 g/mol. The van der Waals surface area contributed by atoms with Crippen molar-refractivity contribution in [2.45, 2.75) is 38.3 Å². The van der Waals surface area contributed by atoms with Crippen LogP contribution in [0, 0.1) is 0 Å². The van der Waals surface area contributed by atoms with E-state index in [0.717, 1.165) is 19.5 Å². The van der Waals surface area contributed by atoms with Crippen LogP contribution in [0.5, 0.6) is 0 Å². The van der Waals surface area contributed by atoms with Gasteiger partial charge in [-0.2, -0.15) is 0 Å². The maximum absolute atomic E-state index is 11.7. The summed E-state index contributed by atoms with van der Waals surface area (Å²) in [7, 11) is 0. The molecule has 0 aromatic heterocycles. The molecule has 2 aliphatic rings. The van der Waals surface area contributed by atoms with Crippen molar-refractivity contribution < 1.29 is 9.59 Å². The second-order valence-electron chi connectivity index (χ2n) is 5.11. The molecule has 16 heavy (non-hydrogen) atoms. The van der Waals surface area contributed by atoms with Crippen molar-refractivity contribution >= 4 is 11.8 Å². The zero-order valence-corrected chi connectivity index (χ0v) is 9.88. The Kier molecular flexibility index (Phi) is 2.99. The molecule has 0 aromatic carbocycles. The molecular formula is C11H19N3O2. The number of piperazine rings is 1. The van der Waals surface area contributed by atoms with Gasteiger partial charge in [0.2, 0.25) is 11.8 Å². The molecule has 2 heterocycles. The molecule has 0 radical (unpaired) electrons. The number of nitrogens with zero attached hydrogens (tertiary/aromatic N) is 1. The fraction of sp³-hybridized carbons (Fsp3) is 0.818. The lowest BCUT2D eigenvalue weighted by atomic mass is 9.97. The number of hydrogen-bond donors (Lipinski definition) is 2. The predicted octanol–water partition coefficient (Wildman–Crippen LogP) is -0.525. The molecule has 2 amide bonds. The molecule has 0 spiro atoms. The van der Waals surface area contributed by atoms with E-state index in [2.05, 4.69) is 10.6 Å². The van der Waals surface area contributed by atoms with Gasteiger partial charge in [0, 0.05) is 12.6 Å².